The van der Waals surface area contributed by atoms with Crippen molar-refractivity contribution in [1.82, 2.24) is 25.4 Å². The van der Waals surface area contributed by atoms with Crippen molar-refractivity contribution < 1.29 is 9.59 Å². The number of carbonyl (C=O) groups is 2. The molecule has 3 amide bonds. The number of anilines is 1. The van der Waals surface area contributed by atoms with Gasteiger partial charge in [-0.05, 0) is 37.5 Å². The van der Waals surface area contributed by atoms with Crippen molar-refractivity contribution in [3.8, 4) is 0 Å². The summed E-state index contributed by atoms with van der Waals surface area (Å²) < 4.78 is 1.64. The number of hydrogen-bond acceptors (Lipinski definition) is 4. The fourth-order valence-electron chi connectivity index (χ4n) is 2.69. The van der Waals surface area contributed by atoms with Crippen LogP contribution in [0.1, 0.15) is 48.6 Å². The van der Waals surface area contributed by atoms with Crippen molar-refractivity contribution in [2.24, 2.45) is 13.0 Å². The van der Waals surface area contributed by atoms with Crippen molar-refractivity contribution >= 4 is 17.6 Å². The molecule has 2 aromatic rings. The summed E-state index contributed by atoms with van der Waals surface area (Å²) in [5.41, 5.74) is 1.85. The zero-order valence-electron chi connectivity index (χ0n) is 15.8. The molecule has 3 N–H and O–H groups in total. The lowest BCUT2D eigenvalue weighted by Gasteiger charge is -2.22. The first kappa shape index (κ1) is 19.4. The van der Waals surface area contributed by atoms with Gasteiger partial charge >= 0.3 is 6.03 Å². The van der Waals surface area contributed by atoms with Crippen LogP contribution in [0.4, 0.5) is 10.5 Å². The molecule has 2 rings (SSSR count). The average Bonchev–Trinajstić information content (AvgIpc) is 3.00. The lowest BCUT2D eigenvalue weighted by Crippen LogP contribution is -2.36. The maximum absolute atomic E-state index is 12.5. The minimum Gasteiger partial charge on any atom is -0.352 e. The van der Waals surface area contributed by atoms with Crippen molar-refractivity contribution in [1.29, 1.82) is 0 Å². The highest BCUT2D eigenvalue weighted by Gasteiger charge is 2.23. The topological polar surface area (TPSA) is 101 Å². The fraction of sp³-hybridized carbons (Fsp3) is 0.444. The molecular weight excluding hydrogens is 332 g/mol. The number of nitrogens with one attached hydrogen (secondary N) is 3. The molecule has 0 aliphatic carbocycles. The van der Waals surface area contributed by atoms with Gasteiger partial charge in [-0.1, -0.05) is 19.9 Å². The second-order valence-corrected chi connectivity index (χ2v) is 6.40. The van der Waals surface area contributed by atoms with Crippen LogP contribution in [0.25, 0.3) is 0 Å². The average molecular weight is 358 g/mol. The molecule has 0 aliphatic rings. The van der Waals surface area contributed by atoms with Crippen LogP contribution in [0.2, 0.25) is 0 Å². The number of benzene rings is 1. The summed E-state index contributed by atoms with van der Waals surface area (Å²) in [6.45, 7) is 8.22. The Morgan fingerprint density at radius 1 is 1.27 bits per heavy atom. The van der Waals surface area contributed by atoms with E-state index in [0.717, 1.165) is 0 Å². The highest BCUT2D eigenvalue weighted by molar-refractivity contribution is 5.99. The number of amides is 3. The predicted octanol–water partition coefficient (Wildman–Crippen LogP) is 2.39. The normalized spacial score (nSPS) is 11.9. The molecule has 26 heavy (non-hydrogen) atoms. The standard InChI is InChI=1S/C18H26N6O2/c1-6-19-17(25)13-8-7-9-14(12(13)4)22-18(26)23-15(11(2)3)16-20-10-21-24(16)5/h7-11,15H,6H2,1-5H3,(H,19,25)(H2,22,23,26). The molecule has 0 aliphatic heterocycles. The third-order valence-electron chi connectivity index (χ3n) is 4.14. The highest BCUT2D eigenvalue weighted by Crippen LogP contribution is 2.21. The van der Waals surface area contributed by atoms with Gasteiger partial charge in [-0.25, -0.2) is 9.78 Å². The lowest BCUT2D eigenvalue weighted by molar-refractivity contribution is 0.0955. The van der Waals surface area contributed by atoms with Gasteiger partial charge in [-0.2, -0.15) is 5.10 Å². The second-order valence-electron chi connectivity index (χ2n) is 6.40. The van der Waals surface area contributed by atoms with E-state index in [9.17, 15) is 9.59 Å². The van der Waals surface area contributed by atoms with E-state index in [4.69, 9.17) is 0 Å². The zero-order valence-corrected chi connectivity index (χ0v) is 15.8. The number of nitrogens with zero attached hydrogens (tertiary/aromatic N) is 3. The Hall–Kier alpha value is -2.90. The van der Waals surface area contributed by atoms with E-state index in [-0.39, 0.29) is 23.9 Å². The van der Waals surface area contributed by atoms with Gasteiger partial charge in [-0.3, -0.25) is 9.48 Å². The molecule has 8 nitrogen and oxygen atoms in total. The van der Waals surface area contributed by atoms with Gasteiger partial charge < -0.3 is 16.0 Å². The Labute approximate surface area is 153 Å². The van der Waals surface area contributed by atoms with E-state index in [1.165, 1.54) is 6.33 Å². The first-order valence-corrected chi connectivity index (χ1v) is 8.64. The van der Waals surface area contributed by atoms with Crippen molar-refractivity contribution in [3.05, 3.63) is 41.5 Å². The predicted molar refractivity (Wildman–Crippen MR) is 99.9 cm³/mol. The summed E-state index contributed by atoms with van der Waals surface area (Å²) in [4.78, 5) is 28.8. The summed E-state index contributed by atoms with van der Waals surface area (Å²) in [6.07, 6.45) is 1.46. The second kappa shape index (κ2) is 8.46. The third kappa shape index (κ3) is 4.38. The zero-order chi connectivity index (χ0) is 19.3. The quantitative estimate of drug-likeness (QED) is 0.738. The van der Waals surface area contributed by atoms with Crippen LogP contribution in [-0.2, 0) is 7.05 Å². The first-order chi connectivity index (χ1) is 12.3. The minimum absolute atomic E-state index is 0.131. The van der Waals surface area contributed by atoms with Crippen LogP contribution in [0.5, 0.6) is 0 Å². The van der Waals surface area contributed by atoms with Gasteiger partial charge in [0, 0.05) is 24.8 Å². The van der Waals surface area contributed by atoms with Crippen LogP contribution in [0, 0.1) is 12.8 Å². The number of aryl methyl sites for hydroxylation is 1. The van der Waals surface area contributed by atoms with Gasteiger partial charge in [0.1, 0.15) is 12.2 Å². The highest BCUT2D eigenvalue weighted by atomic mass is 16.2. The molecular formula is C18H26N6O2. The number of rotatable bonds is 6. The molecule has 1 atom stereocenters. The van der Waals surface area contributed by atoms with Crippen LogP contribution < -0.4 is 16.0 Å². The van der Waals surface area contributed by atoms with Gasteiger partial charge in [0.15, 0.2) is 0 Å². The van der Waals surface area contributed by atoms with Crippen LogP contribution in [0.15, 0.2) is 24.5 Å². The van der Waals surface area contributed by atoms with Crippen molar-refractivity contribution in [2.45, 2.75) is 33.7 Å². The molecule has 1 aromatic carbocycles. The lowest BCUT2D eigenvalue weighted by atomic mass is 10.0. The molecule has 0 bridgehead atoms. The van der Waals surface area contributed by atoms with Gasteiger partial charge in [-0.15, -0.1) is 0 Å². The van der Waals surface area contributed by atoms with Crippen LogP contribution in [0.3, 0.4) is 0 Å². The Kier molecular flexibility index (Phi) is 6.32. The Bertz CT molecular complexity index is 784. The van der Waals surface area contributed by atoms with Crippen molar-refractivity contribution in [2.75, 3.05) is 11.9 Å². The van der Waals surface area contributed by atoms with Crippen LogP contribution in [-0.4, -0.2) is 33.2 Å². The molecule has 0 fully saturated rings. The Balaban J connectivity index is 2.15. The number of hydrogen-bond donors (Lipinski definition) is 3. The molecule has 1 unspecified atom stereocenters. The van der Waals surface area contributed by atoms with E-state index in [0.29, 0.717) is 29.2 Å². The monoisotopic (exact) mass is 358 g/mol. The Morgan fingerprint density at radius 2 is 2.00 bits per heavy atom. The summed E-state index contributed by atoms with van der Waals surface area (Å²) in [5.74, 6) is 0.655. The minimum atomic E-state index is -0.358. The third-order valence-corrected chi connectivity index (χ3v) is 4.14. The van der Waals surface area contributed by atoms with Gasteiger partial charge in [0.2, 0.25) is 0 Å². The largest absolute Gasteiger partial charge is 0.352 e. The Morgan fingerprint density at radius 3 is 2.58 bits per heavy atom. The van der Waals surface area contributed by atoms with E-state index >= 15 is 0 Å². The summed E-state index contributed by atoms with van der Waals surface area (Å²) >= 11 is 0. The summed E-state index contributed by atoms with van der Waals surface area (Å²) in [5, 5.41) is 12.6. The first-order valence-electron chi connectivity index (χ1n) is 8.64. The van der Waals surface area contributed by atoms with E-state index in [1.807, 2.05) is 27.7 Å². The van der Waals surface area contributed by atoms with Crippen molar-refractivity contribution in [3.63, 3.8) is 0 Å². The number of urea groups is 1. The smallest absolute Gasteiger partial charge is 0.319 e. The van der Waals surface area contributed by atoms with Gasteiger partial charge in [0.05, 0.1) is 6.04 Å². The SMILES string of the molecule is CCNC(=O)c1cccc(NC(=O)NC(c2ncnn2C)C(C)C)c1C. The number of aromatic nitrogens is 3. The fourth-order valence-corrected chi connectivity index (χ4v) is 2.69. The maximum Gasteiger partial charge on any atom is 0.319 e. The molecule has 1 aromatic heterocycles. The summed E-state index contributed by atoms with van der Waals surface area (Å²) in [6, 6.07) is 4.61. The van der Waals surface area contributed by atoms with E-state index in [2.05, 4.69) is 26.0 Å². The molecule has 0 spiro atoms. The summed E-state index contributed by atoms with van der Waals surface area (Å²) in [7, 11) is 1.79. The molecule has 0 saturated carbocycles. The number of carbonyl (C=O) groups excluding carboxylic acids is 2. The molecule has 0 radical (unpaired) electrons. The van der Waals surface area contributed by atoms with E-state index in [1.54, 1.807) is 29.9 Å². The van der Waals surface area contributed by atoms with E-state index < -0.39 is 0 Å². The molecule has 1 heterocycles. The molecule has 8 heteroatoms. The van der Waals surface area contributed by atoms with Gasteiger partial charge in [0.25, 0.3) is 5.91 Å². The maximum atomic E-state index is 12.5. The molecule has 140 valence electrons. The van der Waals surface area contributed by atoms with Crippen LogP contribution >= 0.6 is 0 Å². The molecule has 0 saturated heterocycles.